The molecule has 0 amide bonds. The molecule has 1 aromatic heterocycles. The van der Waals surface area contributed by atoms with E-state index < -0.39 is 10.0 Å². The Morgan fingerprint density at radius 1 is 1.32 bits per heavy atom. The van der Waals surface area contributed by atoms with Gasteiger partial charge in [0.15, 0.2) is 0 Å². The second-order valence-corrected chi connectivity index (χ2v) is 6.39. The fourth-order valence-corrected chi connectivity index (χ4v) is 3.83. The first-order valence-electron chi connectivity index (χ1n) is 5.30. The van der Waals surface area contributed by atoms with Crippen LogP contribution in [-0.4, -0.2) is 18.4 Å². The van der Waals surface area contributed by atoms with Gasteiger partial charge in [0.25, 0.3) is 10.0 Å². The maximum atomic E-state index is 12.3. The van der Waals surface area contributed by atoms with Crippen molar-refractivity contribution in [3.63, 3.8) is 0 Å². The highest BCUT2D eigenvalue weighted by Gasteiger charge is 2.24. The number of hydrogen-bond donors (Lipinski definition) is 2. The van der Waals surface area contributed by atoms with Gasteiger partial charge in [-0.15, -0.1) is 0 Å². The van der Waals surface area contributed by atoms with Crippen molar-refractivity contribution in [3.8, 4) is 0 Å². The summed E-state index contributed by atoms with van der Waals surface area (Å²) in [5.74, 6) is 0.119. The van der Waals surface area contributed by atoms with Gasteiger partial charge in [0.2, 0.25) is 5.95 Å². The number of nitrogens with zero attached hydrogens (tertiary/aromatic N) is 1. The van der Waals surface area contributed by atoms with E-state index in [1.165, 1.54) is 12.4 Å². The Kier molecular flexibility index (Phi) is 3.75. The van der Waals surface area contributed by atoms with E-state index in [1.54, 1.807) is 19.9 Å². The molecule has 0 saturated carbocycles. The molecule has 0 atom stereocenters. The lowest BCUT2D eigenvalue weighted by molar-refractivity contribution is 0.600. The smallest absolute Gasteiger partial charge is 0.265 e. The molecule has 0 fully saturated rings. The topological polar surface area (TPSA) is 74.8 Å². The Bertz CT molecular complexity index is 686. The number of H-pyrrole nitrogens is 1. The predicted molar refractivity (Wildman–Crippen MR) is 75.3 cm³/mol. The highest BCUT2D eigenvalue weighted by atomic mass is 35.5. The highest BCUT2D eigenvalue weighted by Crippen LogP contribution is 2.33. The number of aryl methyl sites for hydroxylation is 1. The zero-order valence-corrected chi connectivity index (χ0v) is 12.5. The van der Waals surface area contributed by atoms with Crippen molar-refractivity contribution < 1.29 is 8.42 Å². The number of benzene rings is 1. The van der Waals surface area contributed by atoms with Gasteiger partial charge in [0.1, 0.15) is 4.90 Å². The number of sulfonamides is 1. The SMILES string of the molecule is Cc1cc(Cl)c(C)c(S(=O)(=O)Nc2ncc[nH]2)c1Cl. The molecule has 0 spiro atoms. The standard InChI is InChI=1S/C11H11Cl2N3O2S/c1-6-5-8(12)7(2)10(9(6)13)19(17,18)16-11-14-3-4-15-11/h3-5H,1-2H3,(H2,14,15,16). The van der Waals surface area contributed by atoms with Crippen LogP contribution in [0.3, 0.4) is 0 Å². The minimum atomic E-state index is -3.85. The van der Waals surface area contributed by atoms with Crippen LogP contribution in [-0.2, 0) is 10.0 Å². The van der Waals surface area contributed by atoms with E-state index in [0.717, 1.165) is 0 Å². The summed E-state index contributed by atoms with van der Waals surface area (Å²) < 4.78 is 27.0. The van der Waals surface area contributed by atoms with E-state index in [1.807, 2.05) is 0 Å². The first-order chi connectivity index (χ1) is 8.83. The van der Waals surface area contributed by atoms with Crippen LogP contribution in [0.5, 0.6) is 0 Å². The van der Waals surface area contributed by atoms with Gasteiger partial charge >= 0.3 is 0 Å². The first-order valence-corrected chi connectivity index (χ1v) is 7.54. The number of aromatic nitrogens is 2. The molecular weight excluding hydrogens is 309 g/mol. The molecule has 2 rings (SSSR count). The molecule has 0 unspecified atom stereocenters. The Hall–Kier alpha value is -1.24. The van der Waals surface area contributed by atoms with Gasteiger partial charge in [-0.2, -0.15) is 0 Å². The Morgan fingerprint density at radius 3 is 2.58 bits per heavy atom. The van der Waals surface area contributed by atoms with Gasteiger partial charge in [-0.3, -0.25) is 0 Å². The van der Waals surface area contributed by atoms with Crippen molar-refractivity contribution in [3.05, 3.63) is 39.6 Å². The fraction of sp³-hybridized carbons (Fsp3) is 0.182. The summed E-state index contributed by atoms with van der Waals surface area (Å²) in [6.07, 6.45) is 2.95. The molecular formula is C11H11Cl2N3O2S. The van der Waals surface area contributed by atoms with Crippen molar-refractivity contribution >= 4 is 39.2 Å². The maximum absolute atomic E-state index is 12.3. The quantitative estimate of drug-likeness (QED) is 0.912. The average molecular weight is 320 g/mol. The van der Waals surface area contributed by atoms with Crippen LogP contribution in [0.15, 0.2) is 23.4 Å². The lowest BCUT2D eigenvalue weighted by Crippen LogP contribution is -2.16. The minimum absolute atomic E-state index is 0.0319. The van der Waals surface area contributed by atoms with E-state index in [4.69, 9.17) is 23.2 Å². The van der Waals surface area contributed by atoms with Crippen LogP contribution in [0.2, 0.25) is 10.0 Å². The van der Waals surface area contributed by atoms with Gasteiger partial charge < -0.3 is 4.98 Å². The van der Waals surface area contributed by atoms with Crippen molar-refractivity contribution in [2.75, 3.05) is 4.72 Å². The minimum Gasteiger partial charge on any atom is -0.330 e. The molecule has 102 valence electrons. The summed E-state index contributed by atoms with van der Waals surface area (Å²) in [5.41, 5.74) is 0.994. The average Bonchev–Trinajstić information content (AvgIpc) is 2.78. The van der Waals surface area contributed by atoms with Crippen LogP contribution in [0.1, 0.15) is 11.1 Å². The molecule has 1 heterocycles. The Morgan fingerprint density at radius 2 is 2.00 bits per heavy atom. The van der Waals surface area contributed by atoms with Gasteiger partial charge in [-0.25, -0.2) is 18.1 Å². The molecule has 2 aromatic rings. The van der Waals surface area contributed by atoms with Crippen LogP contribution in [0.4, 0.5) is 5.95 Å². The number of imidazole rings is 1. The molecule has 0 aliphatic rings. The van der Waals surface area contributed by atoms with Gasteiger partial charge in [-0.05, 0) is 31.0 Å². The summed E-state index contributed by atoms with van der Waals surface area (Å²) >= 11 is 12.1. The predicted octanol–water partition coefficient (Wildman–Crippen LogP) is 3.13. The van der Waals surface area contributed by atoms with E-state index in [0.29, 0.717) is 16.1 Å². The number of anilines is 1. The van der Waals surface area contributed by atoms with Crippen LogP contribution in [0, 0.1) is 13.8 Å². The van der Waals surface area contributed by atoms with E-state index in [-0.39, 0.29) is 15.9 Å². The number of hydrogen-bond acceptors (Lipinski definition) is 3. The molecule has 1 aromatic carbocycles. The van der Waals surface area contributed by atoms with E-state index in [2.05, 4.69) is 14.7 Å². The number of aromatic amines is 1. The highest BCUT2D eigenvalue weighted by molar-refractivity contribution is 7.92. The lowest BCUT2D eigenvalue weighted by Gasteiger charge is -2.13. The molecule has 5 nitrogen and oxygen atoms in total. The number of rotatable bonds is 3. The summed E-state index contributed by atoms with van der Waals surface area (Å²) in [6.45, 7) is 3.30. The second kappa shape index (κ2) is 5.03. The van der Waals surface area contributed by atoms with Crippen LogP contribution in [0.25, 0.3) is 0 Å². The van der Waals surface area contributed by atoms with Crippen molar-refractivity contribution in [1.82, 2.24) is 9.97 Å². The molecule has 0 aliphatic heterocycles. The van der Waals surface area contributed by atoms with Crippen LogP contribution >= 0.6 is 23.2 Å². The monoisotopic (exact) mass is 319 g/mol. The number of nitrogens with one attached hydrogen (secondary N) is 2. The molecule has 19 heavy (non-hydrogen) atoms. The normalized spacial score (nSPS) is 11.6. The van der Waals surface area contributed by atoms with E-state index >= 15 is 0 Å². The second-order valence-electron chi connectivity index (χ2n) is 3.99. The van der Waals surface area contributed by atoms with E-state index in [9.17, 15) is 8.42 Å². The molecule has 0 bridgehead atoms. The van der Waals surface area contributed by atoms with Crippen molar-refractivity contribution in [2.45, 2.75) is 18.7 Å². The molecule has 0 aliphatic carbocycles. The summed E-state index contributed by atoms with van der Waals surface area (Å²) in [5, 5.41) is 0.502. The lowest BCUT2D eigenvalue weighted by atomic mass is 10.2. The first kappa shape index (κ1) is 14.2. The van der Waals surface area contributed by atoms with Crippen LogP contribution < -0.4 is 4.72 Å². The number of halogens is 2. The Balaban J connectivity index is 2.58. The molecule has 8 heteroatoms. The van der Waals surface area contributed by atoms with Gasteiger partial charge in [-0.1, -0.05) is 23.2 Å². The summed E-state index contributed by atoms with van der Waals surface area (Å²) in [7, 11) is -3.85. The van der Waals surface area contributed by atoms with Gasteiger partial charge in [0, 0.05) is 17.4 Å². The zero-order valence-electron chi connectivity index (χ0n) is 10.2. The van der Waals surface area contributed by atoms with Gasteiger partial charge in [0.05, 0.1) is 5.02 Å². The zero-order chi connectivity index (χ0) is 14.2. The van der Waals surface area contributed by atoms with Crippen molar-refractivity contribution in [1.29, 1.82) is 0 Å². The third-order valence-corrected chi connectivity index (χ3v) is 5.09. The molecule has 2 N–H and O–H groups in total. The molecule has 0 radical (unpaired) electrons. The summed E-state index contributed by atoms with van der Waals surface area (Å²) in [4.78, 5) is 6.43. The maximum Gasteiger partial charge on any atom is 0.265 e. The Labute approximate surface area is 121 Å². The molecule has 0 saturated heterocycles. The summed E-state index contributed by atoms with van der Waals surface area (Å²) in [6, 6.07) is 1.63. The largest absolute Gasteiger partial charge is 0.330 e. The van der Waals surface area contributed by atoms with Crippen molar-refractivity contribution in [2.24, 2.45) is 0 Å². The third-order valence-electron chi connectivity index (χ3n) is 2.59. The third kappa shape index (κ3) is 2.70. The fourth-order valence-electron chi connectivity index (χ4n) is 1.63.